The second-order valence-electron chi connectivity index (χ2n) is 4.84. The van der Waals surface area contributed by atoms with Crippen molar-refractivity contribution in [2.45, 2.75) is 19.8 Å². The minimum Gasteiger partial charge on any atom is -0.352 e. The maximum Gasteiger partial charge on any atom is 0.254 e. The standard InChI is InChI=1S/C14H19FN2O/c1-10-3-2-4-12(13(10)15)14(18)17-9-11-5-7-16-8-6-11/h2-4,11,16H,5-9H2,1H3,(H,17,18). The van der Waals surface area contributed by atoms with Gasteiger partial charge in [0.1, 0.15) is 5.82 Å². The average Bonchev–Trinajstić information content (AvgIpc) is 2.40. The van der Waals surface area contributed by atoms with Gasteiger partial charge in [-0.1, -0.05) is 12.1 Å². The number of nitrogens with one attached hydrogen (secondary N) is 2. The van der Waals surface area contributed by atoms with E-state index in [0.29, 0.717) is 18.0 Å². The molecule has 1 aliphatic rings. The average molecular weight is 250 g/mol. The fraction of sp³-hybridized carbons (Fsp3) is 0.500. The lowest BCUT2D eigenvalue weighted by molar-refractivity contribution is 0.0940. The van der Waals surface area contributed by atoms with Gasteiger partial charge in [-0.25, -0.2) is 4.39 Å². The van der Waals surface area contributed by atoms with Crippen LogP contribution in [0.15, 0.2) is 18.2 Å². The molecule has 1 aromatic carbocycles. The van der Waals surface area contributed by atoms with Crippen LogP contribution in [0.2, 0.25) is 0 Å². The molecule has 0 aliphatic carbocycles. The molecule has 18 heavy (non-hydrogen) atoms. The van der Waals surface area contributed by atoms with Crippen molar-refractivity contribution in [3.05, 3.63) is 35.1 Å². The summed E-state index contributed by atoms with van der Waals surface area (Å²) < 4.78 is 13.7. The molecule has 0 bridgehead atoms. The zero-order chi connectivity index (χ0) is 13.0. The Balaban J connectivity index is 1.93. The summed E-state index contributed by atoms with van der Waals surface area (Å²) in [5, 5.41) is 6.11. The van der Waals surface area contributed by atoms with E-state index in [-0.39, 0.29) is 11.5 Å². The first-order chi connectivity index (χ1) is 8.68. The van der Waals surface area contributed by atoms with E-state index in [1.54, 1.807) is 19.1 Å². The monoisotopic (exact) mass is 250 g/mol. The largest absolute Gasteiger partial charge is 0.352 e. The predicted octanol–water partition coefficient (Wildman–Crippen LogP) is 1.86. The van der Waals surface area contributed by atoms with Gasteiger partial charge >= 0.3 is 0 Å². The number of carbonyl (C=O) groups excluding carboxylic acids is 1. The predicted molar refractivity (Wildman–Crippen MR) is 69.1 cm³/mol. The second-order valence-corrected chi connectivity index (χ2v) is 4.84. The highest BCUT2D eigenvalue weighted by molar-refractivity contribution is 5.94. The molecule has 0 atom stereocenters. The molecule has 2 rings (SSSR count). The summed E-state index contributed by atoms with van der Waals surface area (Å²) in [4.78, 5) is 11.9. The Labute approximate surface area is 107 Å². The van der Waals surface area contributed by atoms with Crippen LogP contribution < -0.4 is 10.6 Å². The molecule has 0 spiro atoms. The normalized spacial score (nSPS) is 16.6. The Bertz CT molecular complexity index is 428. The molecule has 4 heteroatoms. The van der Waals surface area contributed by atoms with Crippen LogP contribution in [-0.2, 0) is 0 Å². The van der Waals surface area contributed by atoms with Crippen molar-refractivity contribution >= 4 is 5.91 Å². The molecule has 0 aromatic heterocycles. The molecule has 0 radical (unpaired) electrons. The van der Waals surface area contributed by atoms with Crippen LogP contribution in [0.1, 0.15) is 28.8 Å². The van der Waals surface area contributed by atoms with Crippen molar-refractivity contribution in [1.82, 2.24) is 10.6 Å². The number of rotatable bonds is 3. The van der Waals surface area contributed by atoms with Crippen molar-refractivity contribution in [1.29, 1.82) is 0 Å². The lowest BCUT2D eigenvalue weighted by Crippen LogP contribution is -2.36. The topological polar surface area (TPSA) is 41.1 Å². The molecule has 1 aliphatic heterocycles. The molecule has 1 amide bonds. The summed E-state index contributed by atoms with van der Waals surface area (Å²) in [7, 11) is 0. The second kappa shape index (κ2) is 5.96. The first kappa shape index (κ1) is 13.0. The zero-order valence-electron chi connectivity index (χ0n) is 10.6. The van der Waals surface area contributed by atoms with Crippen LogP contribution in [0.25, 0.3) is 0 Å². The minimum atomic E-state index is -0.416. The highest BCUT2D eigenvalue weighted by Crippen LogP contribution is 2.13. The molecule has 98 valence electrons. The summed E-state index contributed by atoms with van der Waals surface area (Å²) in [6, 6.07) is 4.90. The van der Waals surface area contributed by atoms with Crippen molar-refractivity contribution < 1.29 is 9.18 Å². The van der Waals surface area contributed by atoms with Gasteiger partial charge in [0.15, 0.2) is 0 Å². The van der Waals surface area contributed by atoms with E-state index in [1.165, 1.54) is 6.07 Å². The molecule has 0 unspecified atom stereocenters. The molecule has 0 saturated carbocycles. The molecule has 2 N–H and O–H groups in total. The van der Waals surface area contributed by atoms with E-state index in [9.17, 15) is 9.18 Å². The summed E-state index contributed by atoms with van der Waals surface area (Å²) >= 11 is 0. The molecule has 1 heterocycles. The van der Waals surface area contributed by atoms with Gasteiger partial charge in [-0.2, -0.15) is 0 Å². The van der Waals surface area contributed by atoms with E-state index >= 15 is 0 Å². The van der Waals surface area contributed by atoms with E-state index in [0.717, 1.165) is 25.9 Å². The van der Waals surface area contributed by atoms with Crippen molar-refractivity contribution in [3.8, 4) is 0 Å². The van der Waals surface area contributed by atoms with Gasteiger partial charge in [0.05, 0.1) is 5.56 Å². The fourth-order valence-corrected chi connectivity index (χ4v) is 2.24. The number of hydrogen-bond donors (Lipinski definition) is 2. The number of halogens is 1. The number of piperidine rings is 1. The van der Waals surface area contributed by atoms with Crippen LogP contribution in [0.4, 0.5) is 4.39 Å². The molecule has 1 fully saturated rings. The van der Waals surface area contributed by atoms with Crippen LogP contribution in [0, 0.1) is 18.7 Å². The van der Waals surface area contributed by atoms with E-state index < -0.39 is 5.82 Å². The Morgan fingerprint density at radius 3 is 2.89 bits per heavy atom. The van der Waals surface area contributed by atoms with Crippen LogP contribution in [0.3, 0.4) is 0 Å². The quantitative estimate of drug-likeness (QED) is 0.859. The summed E-state index contributed by atoms with van der Waals surface area (Å²) in [5.41, 5.74) is 0.647. The van der Waals surface area contributed by atoms with Gasteiger partial charge in [0.25, 0.3) is 5.91 Å². The lowest BCUT2D eigenvalue weighted by Gasteiger charge is -2.22. The smallest absolute Gasteiger partial charge is 0.254 e. The third-order valence-electron chi connectivity index (χ3n) is 3.45. The molecule has 1 aromatic rings. The van der Waals surface area contributed by atoms with E-state index in [2.05, 4.69) is 10.6 Å². The van der Waals surface area contributed by atoms with Gasteiger partial charge in [0.2, 0.25) is 0 Å². The maximum absolute atomic E-state index is 13.7. The van der Waals surface area contributed by atoms with Gasteiger partial charge in [0, 0.05) is 6.54 Å². The highest BCUT2D eigenvalue weighted by atomic mass is 19.1. The highest BCUT2D eigenvalue weighted by Gasteiger charge is 2.16. The summed E-state index contributed by atoms with van der Waals surface area (Å²) in [6.45, 7) is 4.30. The van der Waals surface area contributed by atoms with Gasteiger partial charge in [-0.3, -0.25) is 4.79 Å². The Kier molecular flexibility index (Phi) is 4.31. The van der Waals surface area contributed by atoms with Crippen LogP contribution in [0.5, 0.6) is 0 Å². The summed E-state index contributed by atoms with van der Waals surface area (Å²) in [5.74, 6) is -0.224. The Morgan fingerprint density at radius 1 is 1.44 bits per heavy atom. The van der Waals surface area contributed by atoms with Crippen LogP contribution >= 0.6 is 0 Å². The summed E-state index contributed by atoms with van der Waals surface area (Å²) in [6.07, 6.45) is 2.13. The first-order valence-electron chi connectivity index (χ1n) is 6.42. The van der Waals surface area contributed by atoms with E-state index in [1.807, 2.05) is 0 Å². The number of aryl methyl sites for hydroxylation is 1. The molecule has 1 saturated heterocycles. The van der Waals surface area contributed by atoms with Crippen molar-refractivity contribution in [3.63, 3.8) is 0 Å². The van der Waals surface area contributed by atoms with Crippen molar-refractivity contribution in [2.24, 2.45) is 5.92 Å². The van der Waals surface area contributed by atoms with Gasteiger partial charge in [-0.15, -0.1) is 0 Å². The Hall–Kier alpha value is -1.42. The molecular weight excluding hydrogens is 231 g/mol. The molecule has 3 nitrogen and oxygen atoms in total. The number of amides is 1. The van der Waals surface area contributed by atoms with Gasteiger partial charge < -0.3 is 10.6 Å². The Morgan fingerprint density at radius 2 is 2.17 bits per heavy atom. The fourth-order valence-electron chi connectivity index (χ4n) is 2.24. The van der Waals surface area contributed by atoms with Crippen LogP contribution in [-0.4, -0.2) is 25.5 Å². The first-order valence-corrected chi connectivity index (χ1v) is 6.42. The minimum absolute atomic E-state index is 0.143. The lowest BCUT2D eigenvalue weighted by atomic mass is 9.98. The SMILES string of the molecule is Cc1cccc(C(=O)NCC2CCNCC2)c1F. The van der Waals surface area contributed by atoms with Crippen molar-refractivity contribution in [2.75, 3.05) is 19.6 Å². The number of carbonyl (C=O) groups is 1. The zero-order valence-corrected chi connectivity index (χ0v) is 10.6. The number of hydrogen-bond acceptors (Lipinski definition) is 2. The van der Waals surface area contributed by atoms with E-state index in [4.69, 9.17) is 0 Å². The third-order valence-corrected chi connectivity index (χ3v) is 3.45. The van der Waals surface area contributed by atoms with Gasteiger partial charge in [-0.05, 0) is 50.4 Å². The molecular formula is C14H19FN2O. The number of benzene rings is 1. The maximum atomic E-state index is 13.7. The third kappa shape index (κ3) is 3.07.